The molecule has 0 radical (unpaired) electrons. The molecule has 0 aromatic heterocycles. The fourth-order valence-corrected chi connectivity index (χ4v) is 1.30. The molecule has 0 N–H and O–H groups in total. The molecule has 0 bridgehead atoms. The van der Waals surface area contributed by atoms with E-state index in [-0.39, 0.29) is 11.7 Å². The Balaban J connectivity index is 2.97. The molecular weight excluding hydrogens is 191 g/mol. The quantitative estimate of drug-likeness (QED) is 0.632. The van der Waals surface area contributed by atoms with Crippen LogP contribution in [0.15, 0.2) is 36.2 Å². The largest absolute Gasteiger partial charge is 0.418 e. The van der Waals surface area contributed by atoms with Crippen LogP contribution in [0.4, 0.5) is 13.2 Å². The molecule has 0 fully saturated rings. The second-order valence-corrected chi connectivity index (χ2v) is 3.37. The number of hydrogen-bond donors (Lipinski definition) is 0. The summed E-state index contributed by atoms with van der Waals surface area (Å²) in [5.74, 6) is 0. The fourth-order valence-electron chi connectivity index (χ4n) is 1.30. The van der Waals surface area contributed by atoms with Gasteiger partial charge in [-0.15, -0.1) is 0 Å². The summed E-state index contributed by atoms with van der Waals surface area (Å²) in [6.45, 7) is 7.08. The molecule has 1 aliphatic rings. The van der Waals surface area contributed by atoms with Crippen LogP contribution in [0.25, 0.3) is 0 Å². The highest BCUT2D eigenvalue weighted by atomic mass is 19.4. The summed E-state index contributed by atoms with van der Waals surface area (Å²) in [6, 6.07) is -0.0233. The molecule has 0 spiro atoms. The van der Waals surface area contributed by atoms with E-state index in [1.165, 1.54) is 11.0 Å². The first kappa shape index (κ1) is 10.9. The Hall–Kier alpha value is -1.19. The number of allylic oxidation sites excluding steroid dienone is 3. The van der Waals surface area contributed by atoms with Crippen molar-refractivity contribution in [2.45, 2.75) is 26.1 Å². The summed E-state index contributed by atoms with van der Waals surface area (Å²) >= 11 is 0. The number of hydrogen-bond acceptors (Lipinski definition) is 1. The van der Waals surface area contributed by atoms with Crippen LogP contribution < -0.4 is 0 Å². The van der Waals surface area contributed by atoms with Gasteiger partial charge in [0.15, 0.2) is 0 Å². The minimum atomic E-state index is -4.32. The first-order chi connectivity index (χ1) is 6.34. The van der Waals surface area contributed by atoms with Crippen LogP contribution in [-0.4, -0.2) is 17.1 Å². The van der Waals surface area contributed by atoms with Crippen LogP contribution in [0.3, 0.4) is 0 Å². The first-order valence-corrected chi connectivity index (χ1v) is 4.27. The molecule has 0 aromatic rings. The lowest BCUT2D eigenvalue weighted by molar-refractivity contribution is -0.0914. The fraction of sp³-hybridized carbons (Fsp3) is 0.400. The highest BCUT2D eigenvalue weighted by Crippen LogP contribution is 2.34. The second kappa shape index (κ2) is 3.52. The summed E-state index contributed by atoms with van der Waals surface area (Å²) in [5.41, 5.74) is -0.663. The van der Waals surface area contributed by atoms with Crippen molar-refractivity contribution in [2.24, 2.45) is 0 Å². The van der Waals surface area contributed by atoms with Crippen molar-refractivity contribution in [1.29, 1.82) is 0 Å². The normalized spacial score (nSPS) is 17.7. The Morgan fingerprint density at radius 1 is 1.36 bits per heavy atom. The highest BCUT2D eigenvalue weighted by Gasteiger charge is 2.37. The van der Waals surface area contributed by atoms with Gasteiger partial charge < -0.3 is 4.90 Å². The number of alkyl halides is 3. The zero-order valence-corrected chi connectivity index (χ0v) is 8.10. The molecule has 0 amide bonds. The van der Waals surface area contributed by atoms with E-state index in [0.29, 0.717) is 0 Å². The van der Waals surface area contributed by atoms with Crippen LogP contribution in [0.5, 0.6) is 0 Å². The minimum Gasteiger partial charge on any atom is -0.345 e. The minimum absolute atomic E-state index is 0.00926. The lowest BCUT2D eigenvalue weighted by Gasteiger charge is -2.31. The van der Waals surface area contributed by atoms with Crippen molar-refractivity contribution < 1.29 is 13.2 Å². The van der Waals surface area contributed by atoms with Crippen LogP contribution >= 0.6 is 0 Å². The Morgan fingerprint density at radius 3 is 2.36 bits per heavy atom. The average Bonchev–Trinajstić information content (AvgIpc) is 2.01. The maximum atomic E-state index is 12.4. The lowest BCUT2D eigenvalue weighted by atomic mass is 10.1. The topological polar surface area (TPSA) is 3.24 Å². The zero-order chi connectivity index (χ0) is 10.9. The van der Waals surface area contributed by atoms with Crippen molar-refractivity contribution >= 4 is 0 Å². The third-order valence-electron chi connectivity index (χ3n) is 1.99. The van der Waals surface area contributed by atoms with Crippen molar-refractivity contribution in [1.82, 2.24) is 4.90 Å². The Morgan fingerprint density at radius 2 is 1.93 bits per heavy atom. The molecule has 1 aliphatic heterocycles. The van der Waals surface area contributed by atoms with E-state index in [9.17, 15) is 13.2 Å². The van der Waals surface area contributed by atoms with Gasteiger partial charge in [0.2, 0.25) is 0 Å². The smallest absolute Gasteiger partial charge is 0.345 e. The molecule has 0 atom stereocenters. The molecule has 0 aliphatic carbocycles. The van der Waals surface area contributed by atoms with Crippen molar-refractivity contribution in [3.63, 3.8) is 0 Å². The van der Waals surface area contributed by atoms with E-state index in [1.807, 2.05) is 13.8 Å². The van der Waals surface area contributed by atoms with Crippen molar-refractivity contribution in [3.8, 4) is 0 Å². The molecule has 1 heterocycles. The maximum Gasteiger partial charge on any atom is 0.418 e. The molecule has 0 saturated carbocycles. The molecule has 78 valence electrons. The van der Waals surface area contributed by atoms with E-state index in [1.54, 1.807) is 6.20 Å². The third kappa shape index (κ3) is 2.00. The van der Waals surface area contributed by atoms with Gasteiger partial charge >= 0.3 is 6.18 Å². The molecule has 14 heavy (non-hydrogen) atoms. The summed E-state index contributed by atoms with van der Waals surface area (Å²) in [7, 11) is 0. The average molecular weight is 203 g/mol. The first-order valence-electron chi connectivity index (χ1n) is 4.27. The molecule has 0 aromatic carbocycles. The van der Waals surface area contributed by atoms with E-state index >= 15 is 0 Å². The predicted molar refractivity (Wildman–Crippen MR) is 49.4 cm³/mol. The second-order valence-electron chi connectivity index (χ2n) is 3.37. The standard InChI is InChI=1S/C10H12F3N/c1-7(2)14-6-4-5-9(8(14)3)10(11,12)13/h4-7H,3H2,1-2H3. The molecule has 0 unspecified atom stereocenters. The summed E-state index contributed by atoms with van der Waals surface area (Å²) < 4.78 is 37.3. The van der Waals surface area contributed by atoms with Crippen molar-refractivity contribution in [2.75, 3.05) is 0 Å². The van der Waals surface area contributed by atoms with Gasteiger partial charge in [-0.3, -0.25) is 0 Å². The number of halogens is 3. The van der Waals surface area contributed by atoms with Crippen LogP contribution in [0, 0.1) is 0 Å². The van der Waals surface area contributed by atoms with Crippen LogP contribution in [-0.2, 0) is 0 Å². The van der Waals surface area contributed by atoms with E-state index in [2.05, 4.69) is 6.58 Å². The zero-order valence-electron chi connectivity index (χ0n) is 8.10. The highest BCUT2D eigenvalue weighted by molar-refractivity contribution is 5.39. The summed E-state index contributed by atoms with van der Waals surface area (Å²) in [6.07, 6.45) is -0.296. The van der Waals surface area contributed by atoms with Gasteiger partial charge in [0.25, 0.3) is 0 Å². The third-order valence-corrected chi connectivity index (χ3v) is 1.99. The van der Waals surface area contributed by atoms with E-state index < -0.39 is 11.7 Å². The Kier molecular flexibility index (Phi) is 2.73. The predicted octanol–water partition coefficient (Wildman–Crippen LogP) is 3.23. The maximum absolute atomic E-state index is 12.4. The van der Waals surface area contributed by atoms with Gasteiger partial charge in [0.1, 0.15) is 0 Å². The SMILES string of the molecule is C=C1C(C(F)(F)F)=CC=CN1C(C)C. The van der Waals surface area contributed by atoms with Gasteiger partial charge in [0.05, 0.1) is 5.57 Å². The monoisotopic (exact) mass is 203 g/mol. The van der Waals surface area contributed by atoms with E-state index in [4.69, 9.17) is 0 Å². The van der Waals surface area contributed by atoms with Gasteiger partial charge in [-0.25, -0.2) is 0 Å². The van der Waals surface area contributed by atoms with Gasteiger partial charge in [-0.05, 0) is 26.0 Å². The number of nitrogens with zero attached hydrogens (tertiary/aromatic N) is 1. The van der Waals surface area contributed by atoms with Gasteiger partial charge in [-0.2, -0.15) is 13.2 Å². The lowest BCUT2D eigenvalue weighted by Crippen LogP contribution is -2.30. The molecule has 1 rings (SSSR count). The molecule has 4 heteroatoms. The summed E-state index contributed by atoms with van der Waals surface area (Å²) in [4.78, 5) is 1.50. The number of rotatable bonds is 1. The van der Waals surface area contributed by atoms with Crippen LogP contribution in [0.1, 0.15) is 13.8 Å². The molecular formula is C10H12F3N. The van der Waals surface area contributed by atoms with Crippen molar-refractivity contribution in [3.05, 3.63) is 36.2 Å². The Bertz CT molecular complexity index is 297. The molecule has 1 nitrogen and oxygen atoms in total. The van der Waals surface area contributed by atoms with Crippen LogP contribution in [0.2, 0.25) is 0 Å². The van der Waals surface area contributed by atoms with Gasteiger partial charge in [-0.1, -0.05) is 6.58 Å². The Labute approximate surface area is 81.2 Å². The van der Waals surface area contributed by atoms with Gasteiger partial charge in [0, 0.05) is 17.9 Å². The summed E-state index contributed by atoms with van der Waals surface area (Å²) in [5, 5.41) is 0. The molecule has 0 saturated heterocycles. The van der Waals surface area contributed by atoms with E-state index in [0.717, 1.165) is 6.08 Å².